The number of imidazole rings is 1. The summed E-state index contributed by atoms with van der Waals surface area (Å²) in [6.45, 7) is 3.31. The normalized spacial score (nSPS) is 15.2. The Morgan fingerprint density at radius 1 is 1.17 bits per heavy atom. The lowest BCUT2D eigenvalue weighted by atomic mass is 10.1. The fraction of sp³-hybridized carbons (Fsp3) is 0.350. The fourth-order valence-corrected chi connectivity index (χ4v) is 3.86. The molecule has 3 aromatic heterocycles. The van der Waals surface area contributed by atoms with Crippen LogP contribution >= 0.6 is 0 Å². The average molecular weight is 391 g/mol. The van der Waals surface area contributed by atoms with Crippen molar-refractivity contribution in [3.63, 3.8) is 0 Å². The molecule has 5 rings (SSSR count). The van der Waals surface area contributed by atoms with Crippen LogP contribution in [0.2, 0.25) is 0 Å². The van der Waals surface area contributed by atoms with Crippen molar-refractivity contribution in [2.75, 3.05) is 18.5 Å². The third kappa shape index (κ3) is 3.03. The predicted molar refractivity (Wildman–Crippen MR) is 109 cm³/mol. The molecule has 0 saturated carbocycles. The third-order valence-electron chi connectivity index (χ3n) is 5.49. The van der Waals surface area contributed by atoms with Crippen LogP contribution in [0.4, 0.5) is 11.6 Å². The van der Waals surface area contributed by atoms with Gasteiger partial charge in [0.1, 0.15) is 11.8 Å². The van der Waals surface area contributed by atoms with E-state index in [0.29, 0.717) is 24.8 Å². The molecule has 0 spiro atoms. The minimum Gasteiger partial charge on any atom is -0.381 e. The van der Waals surface area contributed by atoms with Crippen LogP contribution in [0, 0.1) is 6.92 Å². The van der Waals surface area contributed by atoms with Gasteiger partial charge in [-0.1, -0.05) is 0 Å². The molecule has 148 valence electrons. The fourth-order valence-electron chi connectivity index (χ4n) is 3.86. The minimum atomic E-state index is -0.0719. The van der Waals surface area contributed by atoms with Crippen molar-refractivity contribution in [3.8, 4) is 0 Å². The quantitative estimate of drug-likeness (QED) is 0.573. The number of fused-ring (bicyclic) bond motifs is 2. The van der Waals surface area contributed by atoms with Crippen LogP contribution in [-0.2, 0) is 11.8 Å². The summed E-state index contributed by atoms with van der Waals surface area (Å²) in [6.07, 6.45) is 6.61. The van der Waals surface area contributed by atoms with E-state index < -0.39 is 0 Å². The van der Waals surface area contributed by atoms with Gasteiger partial charge in [0.2, 0.25) is 5.95 Å². The monoisotopic (exact) mass is 391 g/mol. The van der Waals surface area contributed by atoms with E-state index >= 15 is 0 Å². The van der Waals surface area contributed by atoms with E-state index in [-0.39, 0.29) is 11.7 Å². The smallest absolute Gasteiger partial charge is 0.330 e. The first-order chi connectivity index (χ1) is 14.1. The lowest BCUT2D eigenvalue weighted by Gasteiger charge is -2.22. The molecule has 1 fully saturated rings. The highest BCUT2D eigenvalue weighted by atomic mass is 16.5. The average Bonchev–Trinajstić information content (AvgIpc) is 2.99. The second-order valence-electron chi connectivity index (χ2n) is 7.33. The van der Waals surface area contributed by atoms with E-state index in [2.05, 4.69) is 20.3 Å². The highest BCUT2D eigenvalue weighted by molar-refractivity contribution is 5.84. The molecule has 1 saturated heterocycles. The molecule has 1 aliphatic heterocycles. The molecule has 0 aliphatic carbocycles. The van der Waals surface area contributed by atoms with Crippen molar-refractivity contribution in [2.45, 2.75) is 25.8 Å². The molecule has 0 amide bonds. The molecule has 0 radical (unpaired) electrons. The summed E-state index contributed by atoms with van der Waals surface area (Å²) in [7, 11) is 1.75. The van der Waals surface area contributed by atoms with Gasteiger partial charge in [-0.05, 0) is 37.5 Å². The Morgan fingerprint density at radius 2 is 2.00 bits per heavy atom. The maximum Gasteiger partial charge on any atom is 0.330 e. The zero-order valence-electron chi connectivity index (χ0n) is 16.3. The number of nitrogens with zero attached hydrogens (tertiary/aromatic N) is 6. The minimum absolute atomic E-state index is 0.0719. The number of aromatic nitrogens is 6. The first-order valence-electron chi connectivity index (χ1n) is 9.61. The summed E-state index contributed by atoms with van der Waals surface area (Å²) in [5, 5.41) is 4.22. The Morgan fingerprint density at radius 3 is 2.83 bits per heavy atom. The van der Waals surface area contributed by atoms with Crippen LogP contribution in [0.1, 0.15) is 24.4 Å². The molecule has 1 N–H and O–H groups in total. The Bertz CT molecular complexity index is 1270. The summed E-state index contributed by atoms with van der Waals surface area (Å²) in [5.41, 5.74) is 4.07. The van der Waals surface area contributed by atoms with Gasteiger partial charge < -0.3 is 10.1 Å². The van der Waals surface area contributed by atoms with Gasteiger partial charge >= 0.3 is 5.69 Å². The largest absolute Gasteiger partial charge is 0.381 e. The number of nitrogens with one attached hydrogen (secondary N) is 1. The summed E-state index contributed by atoms with van der Waals surface area (Å²) >= 11 is 0. The van der Waals surface area contributed by atoms with Gasteiger partial charge in [-0.15, -0.1) is 0 Å². The van der Waals surface area contributed by atoms with E-state index in [1.54, 1.807) is 28.6 Å². The molecule has 29 heavy (non-hydrogen) atoms. The summed E-state index contributed by atoms with van der Waals surface area (Å²) in [6, 6.07) is 4.06. The molecule has 4 heterocycles. The Balaban J connectivity index is 1.58. The zero-order valence-corrected chi connectivity index (χ0v) is 16.3. The Labute approximate surface area is 166 Å². The van der Waals surface area contributed by atoms with Crippen LogP contribution in [0.5, 0.6) is 0 Å². The molecule has 0 unspecified atom stereocenters. The first kappa shape index (κ1) is 17.7. The van der Waals surface area contributed by atoms with Crippen molar-refractivity contribution >= 4 is 33.7 Å². The highest BCUT2D eigenvalue weighted by Crippen LogP contribution is 2.26. The van der Waals surface area contributed by atoms with Gasteiger partial charge in [0.05, 0.1) is 11.7 Å². The Kier molecular flexibility index (Phi) is 4.24. The molecule has 0 atom stereocenters. The van der Waals surface area contributed by atoms with Gasteiger partial charge in [0.25, 0.3) is 0 Å². The number of hydrogen-bond donors (Lipinski definition) is 1. The molecule has 0 bridgehead atoms. The summed E-state index contributed by atoms with van der Waals surface area (Å²) in [5.74, 6) is 0.447. The van der Waals surface area contributed by atoms with E-state index in [1.807, 2.05) is 19.1 Å². The van der Waals surface area contributed by atoms with Crippen LogP contribution in [0.3, 0.4) is 0 Å². The molecule has 9 nitrogen and oxygen atoms in total. The van der Waals surface area contributed by atoms with Crippen molar-refractivity contribution < 1.29 is 4.74 Å². The van der Waals surface area contributed by atoms with Gasteiger partial charge in [0, 0.05) is 43.6 Å². The number of anilines is 2. The number of benzene rings is 1. The molecule has 1 aliphatic rings. The van der Waals surface area contributed by atoms with Crippen LogP contribution < -0.4 is 11.0 Å². The van der Waals surface area contributed by atoms with Crippen LogP contribution in [-0.4, -0.2) is 42.3 Å². The number of ether oxygens (including phenoxy) is 1. The van der Waals surface area contributed by atoms with Crippen molar-refractivity contribution in [2.24, 2.45) is 7.05 Å². The molecule has 4 aromatic rings. The summed E-state index contributed by atoms with van der Waals surface area (Å²) in [4.78, 5) is 30.3. The number of aryl methyl sites for hydroxylation is 2. The maximum atomic E-state index is 12.8. The van der Waals surface area contributed by atoms with E-state index in [4.69, 9.17) is 9.72 Å². The van der Waals surface area contributed by atoms with Gasteiger partial charge in [-0.3, -0.25) is 9.13 Å². The highest BCUT2D eigenvalue weighted by Gasteiger charge is 2.23. The maximum absolute atomic E-state index is 12.8. The Hall–Kier alpha value is -3.33. The molecular weight excluding hydrogens is 370 g/mol. The van der Waals surface area contributed by atoms with E-state index in [1.165, 1.54) is 6.33 Å². The molecular formula is C20H21N7O2. The van der Waals surface area contributed by atoms with Gasteiger partial charge in [0.15, 0.2) is 5.65 Å². The van der Waals surface area contributed by atoms with Gasteiger partial charge in [-0.25, -0.2) is 19.7 Å². The number of rotatable bonds is 3. The lowest BCUT2D eigenvalue weighted by Crippen LogP contribution is -2.30. The van der Waals surface area contributed by atoms with E-state index in [9.17, 15) is 4.79 Å². The predicted octanol–water partition coefficient (Wildman–Crippen LogP) is 2.48. The van der Waals surface area contributed by atoms with E-state index in [0.717, 1.165) is 40.5 Å². The SMILES string of the molecule is Cc1cc2ncncc2cc1Nc1ncc2c(n1)n(C1CCOCC1)c(=O)n2C. The van der Waals surface area contributed by atoms with Crippen LogP contribution in [0.15, 0.2) is 35.6 Å². The second-order valence-corrected chi connectivity index (χ2v) is 7.33. The third-order valence-corrected chi connectivity index (χ3v) is 5.49. The van der Waals surface area contributed by atoms with Crippen molar-refractivity contribution in [1.29, 1.82) is 0 Å². The van der Waals surface area contributed by atoms with Crippen molar-refractivity contribution in [1.82, 2.24) is 29.1 Å². The second kappa shape index (κ2) is 6.93. The first-order valence-corrected chi connectivity index (χ1v) is 9.61. The topological polar surface area (TPSA) is 99.8 Å². The molecule has 1 aromatic carbocycles. The number of hydrogen-bond acceptors (Lipinski definition) is 7. The zero-order chi connectivity index (χ0) is 20.0. The summed E-state index contributed by atoms with van der Waals surface area (Å²) < 4.78 is 8.84. The molecule has 9 heteroatoms. The lowest BCUT2D eigenvalue weighted by molar-refractivity contribution is 0.0695. The van der Waals surface area contributed by atoms with Crippen molar-refractivity contribution in [3.05, 3.63) is 46.9 Å². The van der Waals surface area contributed by atoms with Gasteiger partial charge in [-0.2, -0.15) is 4.98 Å². The standard InChI is InChI=1S/C20H21N7O2/c1-12-7-16-13(9-21-11-23-16)8-15(12)24-19-22-10-17-18(25-19)27(20(28)26(17)2)14-3-5-29-6-4-14/h7-11,14H,3-6H2,1-2H3,(H,22,24,25). The van der Waals surface area contributed by atoms with Crippen LogP contribution in [0.25, 0.3) is 22.1 Å².